The Labute approximate surface area is 99.7 Å². The summed E-state index contributed by atoms with van der Waals surface area (Å²) in [5, 5.41) is 0. The maximum Gasteiger partial charge on any atom is 0.246 e. The van der Waals surface area contributed by atoms with Gasteiger partial charge in [-0.3, -0.25) is 4.79 Å². The van der Waals surface area contributed by atoms with Crippen molar-refractivity contribution in [3.8, 4) is 0 Å². The average Bonchev–Trinajstić information content (AvgIpc) is 2.32. The van der Waals surface area contributed by atoms with Crippen molar-refractivity contribution in [2.75, 3.05) is 6.54 Å². The predicted molar refractivity (Wildman–Crippen MR) is 68.3 cm³/mol. The minimum Gasteiger partial charge on any atom is -0.336 e. The number of carbonyl (C=O) groups excluding carboxylic acids is 1. The summed E-state index contributed by atoms with van der Waals surface area (Å²) in [6, 6.07) is 0.498. The van der Waals surface area contributed by atoms with Crippen LogP contribution in [-0.2, 0) is 4.79 Å². The van der Waals surface area contributed by atoms with Gasteiger partial charge >= 0.3 is 0 Å². The van der Waals surface area contributed by atoms with E-state index in [1.165, 1.54) is 32.1 Å². The van der Waals surface area contributed by atoms with Gasteiger partial charge in [-0.05, 0) is 32.3 Å². The first-order chi connectivity index (χ1) is 7.79. The van der Waals surface area contributed by atoms with E-state index in [1.54, 1.807) is 6.08 Å². The summed E-state index contributed by atoms with van der Waals surface area (Å²) in [5.74, 6) is 0.211. The third kappa shape index (κ3) is 3.99. The van der Waals surface area contributed by atoms with E-state index in [1.807, 2.05) is 11.0 Å². The van der Waals surface area contributed by atoms with Gasteiger partial charge in [0.05, 0.1) is 0 Å². The van der Waals surface area contributed by atoms with Crippen LogP contribution in [0.1, 0.15) is 58.8 Å². The van der Waals surface area contributed by atoms with Crippen LogP contribution < -0.4 is 0 Å². The van der Waals surface area contributed by atoms with Crippen LogP contribution in [-0.4, -0.2) is 23.4 Å². The van der Waals surface area contributed by atoms with E-state index in [0.717, 1.165) is 19.4 Å². The lowest BCUT2D eigenvalue weighted by atomic mass is 9.94. The van der Waals surface area contributed by atoms with Crippen LogP contribution in [0, 0.1) is 0 Å². The van der Waals surface area contributed by atoms with Crippen LogP contribution in [0.2, 0.25) is 0 Å². The molecule has 1 saturated carbocycles. The van der Waals surface area contributed by atoms with Crippen LogP contribution >= 0.6 is 0 Å². The van der Waals surface area contributed by atoms with E-state index in [9.17, 15) is 4.79 Å². The Bertz CT molecular complexity index is 229. The molecule has 0 bridgehead atoms. The molecule has 0 unspecified atom stereocenters. The van der Waals surface area contributed by atoms with Crippen LogP contribution in [0.25, 0.3) is 0 Å². The zero-order valence-corrected chi connectivity index (χ0v) is 10.7. The highest BCUT2D eigenvalue weighted by atomic mass is 16.2. The second kappa shape index (κ2) is 7.48. The standard InChI is InChI=1S/C14H25NO/c1-3-5-7-12-14(16)15(4-2)13-10-8-6-9-11-13/h7,12-13H,3-6,8-11H2,1-2H3. The maximum absolute atomic E-state index is 12.0. The lowest BCUT2D eigenvalue weighted by Gasteiger charge is -2.32. The number of likely N-dealkylation sites (N-methyl/N-ethyl adjacent to an activating group) is 1. The minimum absolute atomic E-state index is 0.211. The summed E-state index contributed by atoms with van der Waals surface area (Å²) >= 11 is 0. The van der Waals surface area contributed by atoms with E-state index in [-0.39, 0.29) is 5.91 Å². The quantitative estimate of drug-likeness (QED) is 0.653. The van der Waals surface area contributed by atoms with Gasteiger partial charge < -0.3 is 4.90 Å². The molecule has 0 radical (unpaired) electrons. The highest BCUT2D eigenvalue weighted by molar-refractivity contribution is 5.87. The Kier molecular flexibility index (Phi) is 6.20. The van der Waals surface area contributed by atoms with Gasteiger partial charge in [0.1, 0.15) is 0 Å². The van der Waals surface area contributed by atoms with Crippen LogP contribution in [0.4, 0.5) is 0 Å². The molecule has 0 aromatic carbocycles. The van der Waals surface area contributed by atoms with Crippen molar-refractivity contribution in [1.82, 2.24) is 4.90 Å². The van der Waals surface area contributed by atoms with Crippen molar-refractivity contribution in [1.29, 1.82) is 0 Å². The molecule has 1 fully saturated rings. The van der Waals surface area contributed by atoms with E-state index < -0.39 is 0 Å². The number of unbranched alkanes of at least 4 members (excludes halogenated alkanes) is 1. The predicted octanol–water partition coefficient (Wildman–Crippen LogP) is 3.52. The Hall–Kier alpha value is -0.790. The summed E-state index contributed by atoms with van der Waals surface area (Å²) in [5.41, 5.74) is 0. The molecule has 0 aromatic rings. The van der Waals surface area contributed by atoms with Crippen molar-refractivity contribution in [3.05, 3.63) is 12.2 Å². The van der Waals surface area contributed by atoms with Gasteiger partial charge in [0, 0.05) is 12.6 Å². The van der Waals surface area contributed by atoms with Crippen molar-refractivity contribution in [2.24, 2.45) is 0 Å². The molecule has 0 aliphatic heterocycles. The summed E-state index contributed by atoms with van der Waals surface area (Å²) in [7, 11) is 0. The molecular formula is C14H25NO. The van der Waals surface area contributed by atoms with Crippen LogP contribution in [0.3, 0.4) is 0 Å². The number of allylic oxidation sites excluding steroid dienone is 1. The minimum atomic E-state index is 0.211. The second-order valence-corrected chi connectivity index (χ2v) is 4.61. The third-order valence-electron chi connectivity index (χ3n) is 3.36. The van der Waals surface area contributed by atoms with Gasteiger partial charge in [0.25, 0.3) is 0 Å². The number of amides is 1. The molecule has 2 nitrogen and oxygen atoms in total. The molecule has 1 rings (SSSR count). The fraction of sp³-hybridized carbons (Fsp3) is 0.786. The number of hydrogen-bond donors (Lipinski definition) is 0. The van der Waals surface area contributed by atoms with Crippen LogP contribution in [0.15, 0.2) is 12.2 Å². The monoisotopic (exact) mass is 223 g/mol. The first kappa shape index (κ1) is 13.3. The molecule has 1 aliphatic rings. The van der Waals surface area contributed by atoms with E-state index in [2.05, 4.69) is 13.8 Å². The van der Waals surface area contributed by atoms with E-state index in [4.69, 9.17) is 0 Å². The van der Waals surface area contributed by atoms with Gasteiger partial charge in [0.15, 0.2) is 0 Å². The molecule has 0 aromatic heterocycles. The van der Waals surface area contributed by atoms with Gasteiger partial charge in [-0.2, -0.15) is 0 Å². The van der Waals surface area contributed by atoms with Gasteiger partial charge in [-0.1, -0.05) is 38.7 Å². The maximum atomic E-state index is 12.0. The van der Waals surface area contributed by atoms with Gasteiger partial charge in [0.2, 0.25) is 5.91 Å². The summed E-state index contributed by atoms with van der Waals surface area (Å²) in [4.78, 5) is 14.0. The van der Waals surface area contributed by atoms with Crippen LogP contribution in [0.5, 0.6) is 0 Å². The molecule has 16 heavy (non-hydrogen) atoms. The molecule has 0 atom stereocenters. The van der Waals surface area contributed by atoms with Crippen molar-refractivity contribution >= 4 is 5.91 Å². The van der Waals surface area contributed by atoms with Gasteiger partial charge in [-0.25, -0.2) is 0 Å². The fourth-order valence-electron chi connectivity index (χ4n) is 2.43. The number of carbonyl (C=O) groups is 1. The summed E-state index contributed by atoms with van der Waals surface area (Å²) < 4.78 is 0. The largest absolute Gasteiger partial charge is 0.336 e. The number of rotatable bonds is 5. The van der Waals surface area contributed by atoms with Crippen molar-refractivity contribution < 1.29 is 4.79 Å². The Morgan fingerprint density at radius 2 is 1.94 bits per heavy atom. The zero-order valence-electron chi connectivity index (χ0n) is 10.7. The fourth-order valence-corrected chi connectivity index (χ4v) is 2.43. The molecule has 0 heterocycles. The molecule has 92 valence electrons. The highest BCUT2D eigenvalue weighted by Gasteiger charge is 2.22. The number of hydrogen-bond acceptors (Lipinski definition) is 1. The average molecular weight is 223 g/mol. The molecule has 0 saturated heterocycles. The number of nitrogens with zero attached hydrogens (tertiary/aromatic N) is 1. The molecule has 1 amide bonds. The van der Waals surface area contributed by atoms with Crippen molar-refractivity contribution in [3.63, 3.8) is 0 Å². The lowest BCUT2D eigenvalue weighted by Crippen LogP contribution is -2.40. The molecule has 0 spiro atoms. The molecule has 1 aliphatic carbocycles. The highest BCUT2D eigenvalue weighted by Crippen LogP contribution is 2.22. The van der Waals surface area contributed by atoms with E-state index >= 15 is 0 Å². The zero-order chi connectivity index (χ0) is 11.8. The normalized spacial score (nSPS) is 17.9. The smallest absolute Gasteiger partial charge is 0.246 e. The first-order valence-electron chi connectivity index (χ1n) is 6.76. The molecule has 0 N–H and O–H groups in total. The van der Waals surface area contributed by atoms with Crippen molar-refractivity contribution in [2.45, 2.75) is 64.8 Å². The SMILES string of the molecule is CCCC=CC(=O)N(CC)C1CCCCC1. The molecule has 2 heteroatoms. The third-order valence-corrected chi connectivity index (χ3v) is 3.36. The summed E-state index contributed by atoms with van der Waals surface area (Å²) in [6.07, 6.45) is 12.2. The first-order valence-corrected chi connectivity index (χ1v) is 6.76. The topological polar surface area (TPSA) is 20.3 Å². The van der Waals surface area contributed by atoms with Gasteiger partial charge in [-0.15, -0.1) is 0 Å². The lowest BCUT2D eigenvalue weighted by molar-refractivity contribution is -0.128. The summed E-state index contributed by atoms with van der Waals surface area (Å²) in [6.45, 7) is 5.06. The Morgan fingerprint density at radius 1 is 1.25 bits per heavy atom. The second-order valence-electron chi connectivity index (χ2n) is 4.61. The van der Waals surface area contributed by atoms with E-state index in [0.29, 0.717) is 6.04 Å². The Balaban J connectivity index is 2.48. The molecular weight excluding hydrogens is 198 g/mol. The Morgan fingerprint density at radius 3 is 2.50 bits per heavy atom.